The van der Waals surface area contributed by atoms with Crippen LogP contribution in [0.2, 0.25) is 10.0 Å². The summed E-state index contributed by atoms with van der Waals surface area (Å²) < 4.78 is 26.5. The van der Waals surface area contributed by atoms with Crippen molar-refractivity contribution < 1.29 is 18.0 Å². The van der Waals surface area contributed by atoms with Gasteiger partial charge < -0.3 is 10.2 Å². The lowest BCUT2D eigenvalue weighted by molar-refractivity contribution is -0.141. The van der Waals surface area contributed by atoms with E-state index in [0.29, 0.717) is 22.2 Å². The molecule has 1 aliphatic rings. The van der Waals surface area contributed by atoms with Crippen molar-refractivity contribution in [1.29, 1.82) is 0 Å². The van der Waals surface area contributed by atoms with E-state index >= 15 is 0 Å². The number of halogens is 2. The van der Waals surface area contributed by atoms with Crippen molar-refractivity contribution in [2.45, 2.75) is 70.0 Å². The van der Waals surface area contributed by atoms with Gasteiger partial charge in [-0.2, -0.15) is 0 Å². The zero-order valence-electron chi connectivity index (χ0n) is 24.4. The topological polar surface area (TPSA) is 86.8 Å². The number of nitrogens with zero attached hydrogens (tertiary/aromatic N) is 2. The second-order valence-corrected chi connectivity index (χ2v) is 13.8. The molecule has 230 valence electrons. The molecule has 1 fully saturated rings. The van der Waals surface area contributed by atoms with Crippen molar-refractivity contribution in [3.05, 3.63) is 100 Å². The van der Waals surface area contributed by atoms with E-state index in [-0.39, 0.29) is 43.8 Å². The van der Waals surface area contributed by atoms with Gasteiger partial charge >= 0.3 is 0 Å². The fourth-order valence-corrected chi connectivity index (χ4v) is 6.82. The summed E-state index contributed by atoms with van der Waals surface area (Å²) in [5.74, 6) is -0.432. The lowest BCUT2D eigenvalue weighted by Gasteiger charge is -2.34. The number of sulfonamides is 1. The van der Waals surface area contributed by atoms with Crippen LogP contribution in [0.4, 0.5) is 5.69 Å². The maximum Gasteiger partial charge on any atom is 0.243 e. The number of para-hydroxylation sites is 1. The van der Waals surface area contributed by atoms with Crippen LogP contribution in [0.3, 0.4) is 0 Å². The van der Waals surface area contributed by atoms with Crippen molar-refractivity contribution in [1.82, 2.24) is 10.2 Å². The van der Waals surface area contributed by atoms with Gasteiger partial charge in [0.1, 0.15) is 6.04 Å². The SMILES string of the molecule is CS(=O)(=O)N(CCCC(=O)N(Cc1ccc(Cl)c(Cl)c1)[C@@H](Cc1ccccc1)C(=O)NC1CCCCC1)c1ccccc1. The number of anilines is 1. The molecule has 0 aromatic heterocycles. The monoisotopic (exact) mass is 643 g/mol. The number of amides is 2. The molecule has 0 aliphatic heterocycles. The Balaban J connectivity index is 1.60. The molecule has 4 rings (SSSR count). The van der Waals surface area contributed by atoms with Crippen LogP contribution in [0.25, 0.3) is 0 Å². The van der Waals surface area contributed by atoms with Crippen LogP contribution >= 0.6 is 23.2 Å². The van der Waals surface area contributed by atoms with Crippen LogP contribution in [-0.2, 0) is 32.6 Å². The van der Waals surface area contributed by atoms with E-state index in [1.807, 2.05) is 36.4 Å². The smallest absolute Gasteiger partial charge is 0.243 e. The fourth-order valence-electron chi connectivity index (χ4n) is 5.53. The average molecular weight is 645 g/mol. The van der Waals surface area contributed by atoms with Gasteiger partial charge in [-0.1, -0.05) is 97.1 Å². The lowest BCUT2D eigenvalue weighted by Crippen LogP contribution is -2.52. The standard InChI is InChI=1S/C33H39Cl2N3O4S/c1-43(41,42)38(28-16-9-4-10-17-28)21-11-18-32(39)37(24-26-19-20-29(34)30(35)22-26)31(23-25-12-5-2-6-13-25)33(40)36-27-14-7-3-8-15-27/h2,4-6,9-10,12-13,16-17,19-20,22,27,31H,3,7-8,11,14-15,18,21,23-24H2,1H3,(H,36,40)/t31-/m0/s1. The van der Waals surface area contributed by atoms with Gasteiger partial charge in [0.15, 0.2) is 0 Å². The first-order valence-corrected chi connectivity index (χ1v) is 17.3. The van der Waals surface area contributed by atoms with Gasteiger partial charge in [-0.15, -0.1) is 0 Å². The average Bonchev–Trinajstić information content (AvgIpc) is 2.99. The molecular weight excluding hydrogens is 605 g/mol. The van der Waals surface area contributed by atoms with E-state index in [9.17, 15) is 18.0 Å². The summed E-state index contributed by atoms with van der Waals surface area (Å²) >= 11 is 12.5. The summed E-state index contributed by atoms with van der Waals surface area (Å²) in [6.45, 7) is 0.284. The summed E-state index contributed by atoms with van der Waals surface area (Å²) in [6, 6.07) is 23.0. The Morgan fingerprint density at radius 1 is 0.884 bits per heavy atom. The molecule has 0 unspecified atom stereocenters. The third-order valence-corrected chi connectivity index (χ3v) is 9.69. The Morgan fingerprint density at radius 2 is 1.53 bits per heavy atom. The number of hydrogen-bond donors (Lipinski definition) is 1. The van der Waals surface area contributed by atoms with Gasteiger partial charge in [0.25, 0.3) is 0 Å². The highest BCUT2D eigenvalue weighted by molar-refractivity contribution is 7.92. The Kier molecular flexibility index (Phi) is 11.9. The van der Waals surface area contributed by atoms with Crippen molar-refractivity contribution in [3.63, 3.8) is 0 Å². The quantitative estimate of drug-likeness (QED) is 0.227. The maximum atomic E-state index is 14.0. The van der Waals surface area contributed by atoms with E-state index in [1.54, 1.807) is 47.4 Å². The highest BCUT2D eigenvalue weighted by Crippen LogP contribution is 2.26. The zero-order chi connectivity index (χ0) is 30.8. The molecule has 0 spiro atoms. The van der Waals surface area contributed by atoms with Crippen LogP contribution < -0.4 is 9.62 Å². The number of carbonyl (C=O) groups is 2. The molecule has 3 aromatic rings. The number of hydrogen-bond acceptors (Lipinski definition) is 4. The van der Waals surface area contributed by atoms with Crippen LogP contribution in [0.5, 0.6) is 0 Å². The molecule has 10 heteroatoms. The molecule has 1 N–H and O–H groups in total. The minimum absolute atomic E-state index is 0.0577. The predicted octanol–water partition coefficient (Wildman–Crippen LogP) is 6.63. The second kappa shape index (κ2) is 15.6. The van der Waals surface area contributed by atoms with Crippen molar-refractivity contribution >= 4 is 50.7 Å². The third kappa shape index (κ3) is 9.71. The maximum absolute atomic E-state index is 14.0. The minimum Gasteiger partial charge on any atom is -0.352 e. The fraction of sp³-hybridized carbons (Fsp3) is 0.394. The minimum atomic E-state index is -3.56. The van der Waals surface area contributed by atoms with Gasteiger partial charge in [-0.25, -0.2) is 8.42 Å². The van der Waals surface area contributed by atoms with Gasteiger partial charge in [0.2, 0.25) is 21.8 Å². The first kappa shape index (κ1) is 32.8. The Morgan fingerprint density at radius 3 is 2.16 bits per heavy atom. The first-order chi connectivity index (χ1) is 20.6. The number of rotatable bonds is 13. The third-order valence-electron chi connectivity index (χ3n) is 7.76. The van der Waals surface area contributed by atoms with E-state index < -0.39 is 16.1 Å². The summed E-state index contributed by atoms with van der Waals surface area (Å²) in [4.78, 5) is 29.6. The van der Waals surface area contributed by atoms with Gasteiger partial charge in [-0.05, 0) is 54.7 Å². The number of benzene rings is 3. The molecule has 7 nitrogen and oxygen atoms in total. The molecule has 3 aromatic carbocycles. The van der Waals surface area contributed by atoms with Crippen molar-refractivity contribution in [2.24, 2.45) is 0 Å². The Bertz CT molecular complexity index is 1470. The highest BCUT2D eigenvalue weighted by Gasteiger charge is 2.32. The Hall–Kier alpha value is -3.07. The number of carbonyl (C=O) groups excluding carboxylic acids is 2. The molecule has 0 bridgehead atoms. The molecule has 0 radical (unpaired) electrons. The van der Waals surface area contributed by atoms with Crippen LogP contribution in [0.15, 0.2) is 78.9 Å². The molecule has 43 heavy (non-hydrogen) atoms. The summed E-state index contributed by atoms with van der Waals surface area (Å²) in [6.07, 6.45) is 6.97. The molecule has 2 amide bonds. The summed E-state index contributed by atoms with van der Waals surface area (Å²) in [7, 11) is -3.56. The van der Waals surface area contributed by atoms with Crippen LogP contribution in [-0.4, -0.2) is 50.0 Å². The lowest BCUT2D eigenvalue weighted by atomic mass is 9.94. The zero-order valence-corrected chi connectivity index (χ0v) is 26.8. The van der Waals surface area contributed by atoms with E-state index in [4.69, 9.17) is 23.2 Å². The predicted molar refractivity (Wildman–Crippen MR) is 174 cm³/mol. The largest absolute Gasteiger partial charge is 0.352 e. The molecule has 1 atom stereocenters. The van der Waals surface area contributed by atoms with Gasteiger partial charge in [-0.3, -0.25) is 13.9 Å². The second-order valence-electron chi connectivity index (χ2n) is 11.1. The van der Waals surface area contributed by atoms with Gasteiger partial charge in [0.05, 0.1) is 22.0 Å². The highest BCUT2D eigenvalue weighted by atomic mass is 35.5. The van der Waals surface area contributed by atoms with Crippen molar-refractivity contribution in [2.75, 3.05) is 17.1 Å². The molecule has 0 saturated heterocycles. The molecule has 1 aliphatic carbocycles. The van der Waals surface area contributed by atoms with E-state index in [2.05, 4.69) is 5.32 Å². The van der Waals surface area contributed by atoms with Crippen molar-refractivity contribution in [3.8, 4) is 0 Å². The summed E-state index contributed by atoms with van der Waals surface area (Å²) in [5.41, 5.74) is 2.22. The Labute approximate surface area is 265 Å². The van der Waals surface area contributed by atoms with E-state index in [1.165, 1.54) is 4.31 Å². The molecule has 1 saturated carbocycles. The van der Waals surface area contributed by atoms with E-state index in [0.717, 1.165) is 49.5 Å². The molecule has 0 heterocycles. The van der Waals surface area contributed by atoms with Gasteiger partial charge in [0, 0.05) is 32.0 Å². The normalized spacial score (nSPS) is 14.6. The van der Waals surface area contributed by atoms with Crippen LogP contribution in [0, 0.1) is 0 Å². The summed E-state index contributed by atoms with van der Waals surface area (Å²) in [5, 5.41) is 4.00. The molecular formula is C33H39Cl2N3O4S. The van der Waals surface area contributed by atoms with Crippen LogP contribution in [0.1, 0.15) is 56.1 Å². The number of nitrogens with one attached hydrogen (secondary N) is 1. The first-order valence-electron chi connectivity index (χ1n) is 14.7.